The molecule has 0 saturated carbocycles. The molecule has 2 amide bonds. The van der Waals surface area contributed by atoms with Gasteiger partial charge < -0.3 is 20.3 Å². The summed E-state index contributed by atoms with van der Waals surface area (Å²) in [4.78, 5) is 27.2. The first kappa shape index (κ1) is 31.4. The molecule has 1 aliphatic rings. The average molecular weight is 602 g/mol. The van der Waals surface area contributed by atoms with Crippen molar-refractivity contribution in [1.29, 1.82) is 0 Å². The average Bonchev–Trinajstić information content (AvgIpc) is 2.96. The minimum atomic E-state index is -4.37. The van der Waals surface area contributed by atoms with Gasteiger partial charge >= 0.3 is 6.18 Å². The minimum Gasteiger partial charge on any atom is -0.484 e. The molecule has 0 bridgehead atoms. The molecule has 42 heavy (non-hydrogen) atoms. The Bertz CT molecular complexity index is 1340. The maximum absolute atomic E-state index is 12.7. The van der Waals surface area contributed by atoms with Gasteiger partial charge in [-0.3, -0.25) is 9.59 Å². The monoisotopic (exact) mass is 601 g/mol. The Hall–Kier alpha value is -3.56. The van der Waals surface area contributed by atoms with Gasteiger partial charge in [-0.25, -0.2) is 0 Å². The van der Waals surface area contributed by atoms with Gasteiger partial charge in [-0.2, -0.15) is 13.2 Å². The number of piperidine rings is 1. The summed E-state index contributed by atoms with van der Waals surface area (Å²) < 4.78 is 43.3. The maximum Gasteiger partial charge on any atom is 0.422 e. The van der Waals surface area contributed by atoms with Gasteiger partial charge in [0, 0.05) is 28.4 Å². The van der Waals surface area contributed by atoms with Gasteiger partial charge in [0.1, 0.15) is 5.75 Å². The molecule has 4 rings (SSSR count). The fourth-order valence-electron chi connectivity index (χ4n) is 5.00. The second kappa shape index (κ2) is 14.6. The van der Waals surface area contributed by atoms with Crippen LogP contribution >= 0.6 is 11.6 Å². The van der Waals surface area contributed by atoms with Crippen LogP contribution in [0.5, 0.6) is 5.75 Å². The summed E-state index contributed by atoms with van der Waals surface area (Å²) in [6.45, 7) is 3.74. The number of nitrogens with zero attached hydrogens (tertiary/aromatic N) is 1. The van der Waals surface area contributed by atoms with E-state index in [4.69, 9.17) is 16.3 Å². The number of rotatable bonds is 11. The van der Waals surface area contributed by atoms with Crippen molar-refractivity contribution < 1.29 is 27.5 Å². The van der Waals surface area contributed by atoms with E-state index in [1.807, 2.05) is 19.1 Å². The Morgan fingerprint density at radius 1 is 0.929 bits per heavy atom. The Labute approximate surface area is 249 Å². The lowest BCUT2D eigenvalue weighted by Gasteiger charge is -2.33. The molecule has 1 aliphatic heterocycles. The van der Waals surface area contributed by atoms with Crippen molar-refractivity contribution in [1.82, 2.24) is 10.2 Å². The smallest absolute Gasteiger partial charge is 0.422 e. The Balaban J connectivity index is 1.14. The number of anilines is 1. The molecule has 1 saturated heterocycles. The van der Waals surface area contributed by atoms with Gasteiger partial charge in [-0.05, 0) is 124 Å². The molecule has 0 aliphatic carbocycles. The first-order chi connectivity index (χ1) is 20.1. The fourth-order valence-corrected chi connectivity index (χ4v) is 5.13. The number of halogens is 4. The first-order valence-electron chi connectivity index (χ1n) is 14.0. The molecule has 0 radical (unpaired) electrons. The maximum atomic E-state index is 12.7. The lowest BCUT2D eigenvalue weighted by atomic mass is 9.88. The topological polar surface area (TPSA) is 70.7 Å². The van der Waals surface area contributed by atoms with Crippen LogP contribution in [0, 0.1) is 6.92 Å². The van der Waals surface area contributed by atoms with E-state index in [0.29, 0.717) is 34.1 Å². The van der Waals surface area contributed by atoms with Crippen LogP contribution in [-0.2, 0) is 0 Å². The number of unbranched alkanes of at least 4 members (excludes halogenated alkanes) is 1. The van der Waals surface area contributed by atoms with Crippen LogP contribution < -0.4 is 15.4 Å². The summed E-state index contributed by atoms with van der Waals surface area (Å²) in [6, 6.07) is 18.8. The van der Waals surface area contributed by atoms with Crippen LogP contribution in [0.15, 0.2) is 66.7 Å². The molecule has 2 N–H and O–H groups in total. The molecular weight excluding hydrogens is 567 g/mol. The Kier molecular flexibility index (Phi) is 10.9. The zero-order valence-corrected chi connectivity index (χ0v) is 24.2. The molecule has 0 unspecified atom stereocenters. The molecule has 0 spiro atoms. The molecule has 0 aromatic heterocycles. The zero-order valence-electron chi connectivity index (χ0n) is 23.5. The van der Waals surface area contributed by atoms with Gasteiger partial charge in [0.05, 0.1) is 0 Å². The number of carbonyl (C=O) groups is 2. The number of likely N-dealkylation sites (tertiary alicyclic amines) is 1. The second-order valence-corrected chi connectivity index (χ2v) is 11.0. The van der Waals surface area contributed by atoms with E-state index in [9.17, 15) is 22.8 Å². The number of hydrogen-bond donors (Lipinski definition) is 2. The summed E-state index contributed by atoms with van der Waals surface area (Å²) in [7, 11) is 0. The fraction of sp³-hybridized carbons (Fsp3) is 0.375. The molecule has 3 aromatic carbocycles. The summed E-state index contributed by atoms with van der Waals surface area (Å²) >= 11 is 5.86. The highest BCUT2D eigenvalue weighted by Gasteiger charge is 2.30. The summed E-state index contributed by atoms with van der Waals surface area (Å²) in [5, 5.41) is 6.29. The van der Waals surface area contributed by atoms with E-state index in [1.165, 1.54) is 0 Å². The summed E-state index contributed by atoms with van der Waals surface area (Å²) in [5.74, 6) is 0.0661. The molecule has 3 aromatic rings. The van der Waals surface area contributed by atoms with E-state index >= 15 is 0 Å². The summed E-state index contributed by atoms with van der Waals surface area (Å²) in [5.41, 5.74) is 3.31. The van der Waals surface area contributed by atoms with Crippen molar-refractivity contribution in [2.24, 2.45) is 0 Å². The van der Waals surface area contributed by atoms with Crippen LogP contribution in [0.2, 0.25) is 5.02 Å². The van der Waals surface area contributed by atoms with E-state index in [2.05, 4.69) is 15.5 Å². The molecule has 1 fully saturated rings. The second-order valence-electron chi connectivity index (χ2n) is 10.6. The highest BCUT2D eigenvalue weighted by molar-refractivity contribution is 6.30. The largest absolute Gasteiger partial charge is 0.484 e. The van der Waals surface area contributed by atoms with Crippen molar-refractivity contribution in [2.75, 3.05) is 38.1 Å². The molecule has 6 nitrogen and oxygen atoms in total. The lowest BCUT2D eigenvalue weighted by Crippen LogP contribution is -2.34. The van der Waals surface area contributed by atoms with Crippen LogP contribution in [0.1, 0.15) is 63.4 Å². The third-order valence-corrected chi connectivity index (χ3v) is 7.54. The van der Waals surface area contributed by atoms with Crippen molar-refractivity contribution >= 4 is 29.1 Å². The number of amides is 2. The number of aryl methyl sites for hydroxylation is 1. The number of alkyl halides is 3. The predicted octanol–water partition coefficient (Wildman–Crippen LogP) is 7.23. The summed E-state index contributed by atoms with van der Waals surface area (Å²) in [6.07, 6.45) is -0.900. The number of hydrogen-bond acceptors (Lipinski definition) is 4. The van der Waals surface area contributed by atoms with Crippen molar-refractivity contribution in [3.8, 4) is 5.75 Å². The van der Waals surface area contributed by atoms with Gasteiger partial charge in [-0.15, -0.1) is 0 Å². The number of nitrogens with one attached hydrogen (secondary N) is 2. The van der Waals surface area contributed by atoms with Gasteiger partial charge in [0.15, 0.2) is 6.61 Å². The lowest BCUT2D eigenvalue weighted by molar-refractivity contribution is -0.153. The molecule has 0 atom stereocenters. The van der Waals surface area contributed by atoms with E-state index in [-0.39, 0.29) is 17.7 Å². The Morgan fingerprint density at radius 2 is 1.57 bits per heavy atom. The number of benzene rings is 3. The van der Waals surface area contributed by atoms with Gasteiger partial charge in [0.2, 0.25) is 0 Å². The van der Waals surface area contributed by atoms with Gasteiger partial charge in [0.25, 0.3) is 11.8 Å². The van der Waals surface area contributed by atoms with Crippen LogP contribution in [-0.4, -0.2) is 55.7 Å². The first-order valence-corrected chi connectivity index (χ1v) is 14.4. The SMILES string of the molecule is Cc1ccc(C2CCN(CCCCNC(=O)c3ccc(NC(=O)c4ccc(Cl)cc4)cc3)CC2)c(OCC(F)(F)F)c1. The van der Waals surface area contributed by atoms with Crippen LogP contribution in [0.4, 0.5) is 18.9 Å². The zero-order chi connectivity index (χ0) is 30.1. The van der Waals surface area contributed by atoms with E-state index in [1.54, 1.807) is 54.6 Å². The van der Waals surface area contributed by atoms with Crippen LogP contribution in [0.3, 0.4) is 0 Å². The van der Waals surface area contributed by atoms with Crippen molar-refractivity contribution in [2.45, 2.75) is 44.7 Å². The highest BCUT2D eigenvalue weighted by atomic mass is 35.5. The molecule has 10 heteroatoms. The number of carbonyl (C=O) groups excluding carboxylic acids is 2. The van der Waals surface area contributed by atoms with Gasteiger partial charge in [-0.1, -0.05) is 23.7 Å². The molecule has 1 heterocycles. The quantitative estimate of drug-likeness (QED) is 0.228. The third-order valence-electron chi connectivity index (χ3n) is 7.29. The highest BCUT2D eigenvalue weighted by Crippen LogP contribution is 2.35. The predicted molar refractivity (Wildman–Crippen MR) is 159 cm³/mol. The Morgan fingerprint density at radius 3 is 2.24 bits per heavy atom. The molecular formula is C32H35ClF3N3O3. The van der Waals surface area contributed by atoms with Crippen LogP contribution in [0.25, 0.3) is 0 Å². The van der Waals surface area contributed by atoms with E-state index in [0.717, 1.165) is 56.4 Å². The standard InChI is InChI=1S/C32H35ClF3N3O3/c1-22-4-13-28(29(20-22)42-21-32(34,35)36)23-14-18-39(19-15-23)17-3-2-16-37-30(40)24-7-11-27(12-8-24)38-31(41)25-5-9-26(33)10-6-25/h4-13,20,23H,2-3,14-19,21H2,1H3,(H,37,40)(H,38,41). The van der Waals surface area contributed by atoms with E-state index < -0.39 is 12.8 Å². The normalized spacial score (nSPS) is 14.4. The van der Waals surface area contributed by atoms with Crippen molar-refractivity contribution in [3.05, 3.63) is 94.0 Å². The number of ether oxygens (including phenoxy) is 1. The van der Waals surface area contributed by atoms with Crippen molar-refractivity contribution in [3.63, 3.8) is 0 Å². The third kappa shape index (κ3) is 9.49. The molecule has 224 valence electrons. The minimum absolute atomic E-state index is 0.168.